The van der Waals surface area contributed by atoms with Crippen LogP contribution in [0.2, 0.25) is 0 Å². The van der Waals surface area contributed by atoms with E-state index in [0.717, 1.165) is 3.57 Å². The molecule has 0 saturated heterocycles. The van der Waals surface area contributed by atoms with Gasteiger partial charge < -0.3 is 5.11 Å². The van der Waals surface area contributed by atoms with E-state index in [1.807, 2.05) is 18.2 Å². The number of carbonyl (C=O) groups excluding carboxylic acids is 1. The van der Waals surface area contributed by atoms with Crippen LogP contribution in [0.15, 0.2) is 48.5 Å². The predicted octanol–water partition coefficient (Wildman–Crippen LogP) is 2.72. The predicted molar refractivity (Wildman–Crippen MR) is 76.7 cm³/mol. The highest BCUT2D eigenvalue weighted by Crippen LogP contribution is 2.35. The van der Waals surface area contributed by atoms with Crippen LogP contribution in [0.4, 0.5) is 0 Å². The Kier molecular flexibility index (Phi) is 2.70. The molecule has 0 unspecified atom stereocenters. The van der Waals surface area contributed by atoms with Gasteiger partial charge in [0.05, 0.1) is 0 Å². The van der Waals surface area contributed by atoms with E-state index in [0.29, 0.717) is 16.7 Å². The van der Waals surface area contributed by atoms with E-state index >= 15 is 0 Å². The number of Topliss-reactive ketones (excluding diaryl/α,β-unsaturated/α-hetero) is 1. The molecule has 1 aliphatic carbocycles. The van der Waals surface area contributed by atoms with Gasteiger partial charge in [0.25, 0.3) is 0 Å². The molecular weight excluding hydrogens is 339 g/mol. The highest BCUT2D eigenvalue weighted by molar-refractivity contribution is 14.1. The average Bonchev–Trinajstić information content (AvgIpc) is 2.63. The molecule has 0 N–H and O–H groups in total. The van der Waals surface area contributed by atoms with Gasteiger partial charge in [0, 0.05) is 14.7 Å². The van der Waals surface area contributed by atoms with E-state index in [1.165, 1.54) is 0 Å². The summed E-state index contributed by atoms with van der Waals surface area (Å²) in [6.45, 7) is 0. The fraction of sp³-hybridized carbons (Fsp3) is 0. The molecule has 0 atom stereocenters. The van der Waals surface area contributed by atoms with Gasteiger partial charge in [0.15, 0.2) is 5.78 Å². The first kappa shape index (κ1) is 11.5. The Hall–Kier alpha value is -1.62. The number of hydrogen-bond acceptors (Lipinski definition) is 2. The van der Waals surface area contributed by atoms with Crippen molar-refractivity contribution in [2.24, 2.45) is 0 Å². The van der Waals surface area contributed by atoms with Gasteiger partial charge in [-0.25, -0.2) is 0 Å². The van der Waals surface area contributed by atoms with Gasteiger partial charge in [0.1, 0.15) is 0 Å². The summed E-state index contributed by atoms with van der Waals surface area (Å²) in [7, 11) is 0. The molecule has 3 rings (SSSR count). The molecule has 2 aromatic carbocycles. The molecule has 0 spiro atoms. The Bertz CT molecular complexity index is 686. The summed E-state index contributed by atoms with van der Waals surface area (Å²) in [6.07, 6.45) is 0. The smallest absolute Gasteiger partial charge is 0.193 e. The molecule has 0 amide bonds. The van der Waals surface area contributed by atoms with Crippen LogP contribution in [0.25, 0.3) is 11.3 Å². The van der Waals surface area contributed by atoms with Crippen LogP contribution >= 0.6 is 22.6 Å². The van der Waals surface area contributed by atoms with Crippen LogP contribution in [0, 0.1) is 3.57 Å². The average molecular weight is 347 g/mol. The monoisotopic (exact) mass is 347 g/mol. The third kappa shape index (κ3) is 1.66. The van der Waals surface area contributed by atoms with E-state index in [-0.39, 0.29) is 17.1 Å². The molecule has 1 aliphatic rings. The van der Waals surface area contributed by atoms with Crippen molar-refractivity contribution >= 4 is 39.7 Å². The number of rotatable bonds is 1. The van der Waals surface area contributed by atoms with Crippen molar-refractivity contribution in [2.45, 2.75) is 0 Å². The molecule has 88 valence electrons. The molecule has 3 heteroatoms. The summed E-state index contributed by atoms with van der Waals surface area (Å²) in [5, 5.41) is 12.3. The van der Waals surface area contributed by atoms with Crippen molar-refractivity contribution in [1.82, 2.24) is 0 Å². The van der Waals surface area contributed by atoms with Crippen molar-refractivity contribution < 1.29 is 9.90 Å². The van der Waals surface area contributed by atoms with Gasteiger partial charge >= 0.3 is 0 Å². The molecule has 0 fully saturated rings. The van der Waals surface area contributed by atoms with Crippen molar-refractivity contribution in [3.8, 4) is 0 Å². The second kappa shape index (κ2) is 4.24. The van der Waals surface area contributed by atoms with Crippen molar-refractivity contribution in [1.29, 1.82) is 0 Å². The summed E-state index contributed by atoms with van der Waals surface area (Å²) in [4.78, 5) is 12.3. The second-order valence-corrected chi connectivity index (χ2v) is 5.33. The summed E-state index contributed by atoms with van der Waals surface area (Å²) in [5.41, 5.74) is 2.01. The second-order valence-electron chi connectivity index (χ2n) is 4.09. The van der Waals surface area contributed by atoms with E-state index < -0.39 is 0 Å². The van der Waals surface area contributed by atoms with Crippen molar-refractivity contribution in [3.63, 3.8) is 0 Å². The zero-order chi connectivity index (χ0) is 12.7. The number of hydrogen-bond donors (Lipinski definition) is 0. The molecule has 0 bridgehead atoms. The summed E-state index contributed by atoms with van der Waals surface area (Å²) < 4.78 is 1.01. The summed E-state index contributed by atoms with van der Waals surface area (Å²) >= 11 is 2.17. The first-order chi connectivity index (χ1) is 8.68. The molecule has 2 aromatic rings. The fourth-order valence-electron chi connectivity index (χ4n) is 2.16. The highest BCUT2D eigenvalue weighted by Gasteiger charge is 2.25. The topological polar surface area (TPSA) is 40.1 Å². The van der Waals surface area contributed by atoms with E-state index in [4.69, 9.17) is 0 Å². The maximum atomic E-state index is 12.3. The Labute approximate surface area is 118 Å². The fourth-order valence-corrected chi connectivity index (χ4v) is 2.70. The molecule has 0 radical (unpaired) electrons. The minimum Gasteiger partial charge on any atom is -0.872 e. The minimum atomic E-state index is -0.169. The van der Waals surface area contributed by atoms with Crippen LogP contribution in [-0.4, -0.2) is 5.78 Å². The van der Waals surface area contributed by atoms with Crippen LogP contribution in [0.3, 0.4) is 0 Å². The first-order valence-corrected chi connectivity index (χ1v) is 6.57. The lowest BCUT2D eigenvalue weighted by Gasteiger charge is -2.11. The van der Waals surface area contributed by atoms with E-state index in [1.54, 1.807) is 30.3 Å². The maximum Gasteiger partial charge on any atom is 0.193 e. The largest absolute Gasteiger partial charge is 0.872 e. The molecule has 2 nitrogen and oxygen atoms in total. The SMILES string of the molecule is O=C1C(c2cccc(I)c2)=C([O-])c2ccccc21. The summed E-state index contributed by atoms with van der Waals surface area (Å²) in [5.74, 6) is -0.338. The number of halogens is 1. The van der Waals surface area contributed by atoms with E-state index in [9.17, 15) is 9.90 Å². The molecule has 18 heavy (non-hydrogen) atoms. The van der Waals surface area contributed by atoms with Gasteiger partial charge in [-0.2, -0.15) is 0 Å². The standard InChI is InChI=1S/C15H9IO2/c16-10-5-3-4-9(8-10)13-14(17)11-6-1-2-7-12(11)15(13)18/h1-8,17H/p-1. The molecule has 0 saturated carbocycles. The Morgan fingerprint density at radius 3 is 2.33 bits per heavy atom. The summed E-state index contributed by atoms with van der Waals surface area (Å²) in [6, 6.07) is 14.4. The van der Waals surface area contributed by atoms with Gasteiger partial charge in [-0.1, -0.05) is 42.2 Å². The molecule has 0 heterocycles. The molecular formula is C15H8IO2-. The number of ketones is 1. The Balaban J connectivity index is 2.21. The van der Waals surface area contributed by atoms with Gasteiger partial charge in [-0.15, -0.1) is 0 Å². The molecule has 0 aromatic heterocycles. The van der Waals surface area contributed by atoms with Crippen LogP contribution in [0.5, 0.6) is 0 Å². The number of fused-ring (bicyclic) bond motifs is 1. The lowest BCUT2D eigenvalue weighted by atomic mass is 10.0. The highest BCUT2D eigenvalue weighted by atomic mass is 127. The zero-order valence-electron chi connectivity index (χ0n) is 9.31. The lowest BCUT2D eigenvalue weighted by molar-refractivity contribution is -0.242. The van der Waals surface area contributed by atoms with Crippen LogP contribution < -0.4 is 5.11 Å². The Morgan fingerprint density at radius 1 is 0.944 bits per heavy atom. The first-order valence-electron chi connectivity index (χ1n) is 5.50. The zero-order valence-corrected chi connectivity index (χ0v) is 11.5. The number of allylic oxidation sites excluding steroid dienone is 1. The normalized spacial score (nSPS) is 13.9. The minimum absolute atomic E-state index is 0.169. The van der Waals surface area contributed by atoms with Crippen molar-refractivity contribution in [2.75, 3.05) is 0 Å². The molecule has 0 aliphatic heterocycles. The Morgan fingerprint density at radius 2 is 1.67 bits per heavy atom. The van der Waals surface area contributed by atoms with Crippen LogP contribution in [0.1, 0.15) is 21.5 Å². The third-order valence-electron chi connectivity index (χ3n) is 2.98. The van der Waals surface area contributed by atoms with Crippen molar-refractivity contribution in [3.05, 3.63) is 68.8 Å². The van der Waals surface area contributed by atoms with E-state index in [2.05, 4.69) is 22.6 Å². The number of benzene rings is 2. The third-order valence-corrected chi connectivity index (χ3v) is 3.65. The quantitative estimate of drug-likeness (QED) is 0.745. The number of carbonyl (C=O) groups is 1. The maximum absolute atomic E-state index is 12.3. The van der Waals surface area contributed by atoms with Gasteiger partial charge in [-0.05, 0) is 45.9 Å². The van der Waals surface area contributed by atoms with Crippen LogP contribution in [-0.2, 0) is 0 Å². The lowest BCUT2D eigenvalue weighted by Crippen LogP contribution is -2.03. The van der Waals surface area contributed by atoms with Gasteiger partial charge in [0.2, 0.25) is 0 Å². The van der Waals surface area contributed by atoms with Gasteiger partial charge in [-0.3, -0.25) is 4.79 Å².